The Labute approximate surface area is 150 Å². The number of carbonyl (C=O) groups excluding carboxylic acids is 1. The van der Waals surface area contributed by atoms with Crippen LogP contribution in [0.15, 0.2) is 24.3 Å². The Morgan fingerprint density at radius 1 is 1.28 bits per heavy atom. The van der Waals surface area contributed by atoms with E-state index < -0.39 is 0 Å². The Bertz CT molecular complexity index is 591. The van der Waals surface area contributed by atoms with Crippen LogP contribution in [0.25, 0.3) is 0 Å². The Hall–Kier alpha value is -1.59. The molecular formula is C20H30N2O3. The van der Waals surface area contributed by atoms with Crippen molar-refractivity contribution in [2.75, 3.05) is 39.2 Å². The number of methoxy groups -OCH3 is 1. The van der Waals surface area contributed by atoms with Crippen LogP contribution in [0, 0.1) is 5.41 Å². The van der Waals surface area contributed by atoms with Crippen LogP contribution >= 0.6 is 0 Å². The lowest BCUT2D eigenvalue weighted by atomic mass is 9.58. The first kappa shape index (κ1) is 18.2. The smallest absolute Gasteiger partial charge is 0.222 e. The number of aryl methyl sites for hydroxylation is 1. The summed E-state index contributed by atoms with van der Waals surface area (Å²) in [6.07, 6.45) is 3.61. The molecule has 1 spiro atoms. The van der Waals surface area contributed by atoms with Crippen LogP contribution in [0.1, 0.15) is 31.2 Å². The topological polar surface area (TPSA) is 53.0 Å². The number of aliphatic hydroxyl groups is 1. The first-order valence-electron chi connectivity index (χ1n) is 9.21. The van der Waals surface area contributed by atoms with Gasteiger partial charge in [-0.2, -0.15) is 0 Å². The van der Waals surface area contributed by atoms with E-state index in [-0.39, 0.29) is 23.5 Å². The van der Waals surface area contributed by atoms with Gasteiger partial charge < -0.3 is 19.6 Å². The predicted octanol–water partition coefficient (Wildman–Crippen LogP) is 2.07. The molecule has 5 heteroatoms. The summed E-state index contributed by atoms with van der Waals surface area (Å²) in [4.78, 5) is 16.5. The molecule has 1 aromatic rings. The molecule has 0 aromatic heterocycles. The molecule has 1 aliphatic heterocycles. The molecule has 5 nitrogen and oxygen atoms in total. The third-order valence-electron chi connectivity index (χ3n) is 6.15. The van der Waals surface area contributed by atoms with Crippen molar-refractivity contribution in [3.63, 3.8) is 0 Å². The average Bonchev–Trinajstić information content (AvgIpc) is 2.64. The number of amides is 1. The molecule has 1 aromatic carbocycles. The van der Waals surface area contributed by atoms with E-state index >= 15 is 0 Å². The number of hydrogen-bond acceptors (Lipinski definition) is 4. The van der Waals surface area contributed by atoms with Gasteiger partial charge in [0.1, 0.15) is 0 Å². The SMILES string of the molecule is COC1CC(O)C12CCN(C(=O)CCc1ccc(N(C)C)cc1)CC2. The van der Waals surface area contributed by atoms with Gasteiger partial charge in [0.25, 0.3) is 0 Å². The normalized spacial score (nSPS) is 24.9. The van der Waals surface area contributed by atoms with E-state index in [1.807, 2.05) is 19.0 Å². The maximum absolute atomic E-state index is 12.5. The third-order valence-corrected chi connectivity index (χ3v) is 6.15. The summed E-state index contributed by atoms with van der Waals surface area (Å²) in [6.45, 7) is 1.46. The number of hydrogen-bond donors (Lipinski definition) is 1. The van der Waals surface area contributed by atoms with E-state index in [4.69, 9.17) is 4.74 Å². The fourth-order valence-electron chi connectivity index (χ4n) is 4.25. The van der Waals surface area contributed by atoms with Crippen molar-refractivity contribution < 1.29 is 14.6 Å². The maximum Gasteiger partial charge on any atom is 0.222 e. The molecule has 1 aliphatic carbocycles. The first-order chi connectivity index (χ1) is 12.0. The number of ether oxygens (including phenoxy) is 1. The van der Waals surface area contributed by atoms with Crippen molar-refractivity contribution in [3.05, 3.63) is 29.8 Å². The molecule has 25 heavy (non-hydrogen) atoms. The summed E-state index contributed by atoms with van der Waals surface area (Å²) in [6, 6.07) is 8.38. The highest BCUT2D eigenvalue weighted by Gasteiger charge is 2.56. The van der Waals surface area contributed by atoms with Gasteiger partial charge in [-0.1, -0.05) is 12.1 Å². The lowest BCUT2D eigenvalue weighted by molar-refractivity contribution is -0.202. The van der Waals surface area contributed by atoms with Crippen LogP contribution in [0.3, 0.4) is 0 Å². The zero-order valence-corrected chi connectivity index (χ0v) is 15.6. The second-order valence-electron chi connectivity index (χ2n) is 7.65. The van der Waals surface area contributed by atoms with Crippen molar-refractivity contribution in [3.8, 4) is 0 Å². The molecule has 1 amide bonds. The Kier molecular flexibility index (Phi) is 5.35. The summed E-state index contributed by atoms with van der Waals surface area (Å²) in [7, 11) is 5.76. The van der Waals surface area contributed by atoms with Gasteiger partial charge in [0.05, 0.1) is 12.2 Å². The highest BCUT2D eigenvalue weighted by atomic mass is 16.5. The molecule has 2 aliphatic rings. The maximum atomic E-state index is 12.5. The minimum Gasteiger partial charge on any atom is -0.392 e. The van der Waals surface area contributed by atoms with Gasteiger partial charge in [0.15, 0.2) is 0 Å². The van der Waals surface area contributed by atoms with Crippen molar-refractivity contribution in [2.45, 2.75) is 44.3 Å². The molecule has 2 unspecified atom stereocenters. The molecule has 1 N–H and O–H groups in total. The van der Waals surface area contributed by atoms with Crippen LogP contribution in [0.2, 0.25) is 0 Å². The second-order valence-corrected chi connectivity index (χ2v) is 7.65. The summed E-state index contributed by atoms with van der Waals surface area (Å²) in [5, 5.41) is 10.2. The molecule has 0 radical (unpaired) electrons. The molecule has 138 valence electrons. The van der Waals surface area contributed by atoms with Crippen LogP contribution in [-0.4, -0.2) is 62.4 Å². The van der Waals surface area contributed by atoms with Crippen molar-refractivity contribution in [1.29, 1.82) is 0 Å². The summed E-state index contributed by atoms with van der Waals surface area (Å²) < 4.78 is 5.51. The number of likely N-dealkylation sites (tertiary alicyclic amines) is 1. The number of piperidine rings is 1. The summed E-state index contributed by atoms with van der Waals surface area (Å²) in [5.74, 6) is 0.217. The van der Waals surface area contributed by atoms with Crippen LogP contribution in [0.4, 0.5) is 5.69 Å². The molecule has 1 saturated heterocycles. The van der Waals surface area contributed by atoms with E-state index in [2.05, 4.69) is 29.2 Å². The number of rotatable bonds is 5. The number of anilines is 1. The number of aliphatic hydroxyl groups excluding tert-OH is 1. The Morgan fingerprint density at radius 2 is 1.92 bits per heavy atom. The van der Waals surface area contributed by atoms with E-state index in [0.29, 0.717) is 6.42 Å². The van der Waals surface area contributed by atoms with Gasteiger partial charge >= 0.3 is 0 Å². The van der Waals surface area contributed by atoms with Crippen molar-refractivity contribution >= 4 is 11.6 Å². The van der Waals surface area contributed by atoms with E-state index in [0.717, 1.165) is 38.8 Å². The first-order valence-corrected chi connectivity index (χ1v) is 9.21. The second kappa shape index (κ2) is 7.34. The average molecular weight is 346 g/mol. The van der Waals surface area contributed by atoms with Crippen LogP contribution < -0.4 is 4.90 Å². The van der Waals surface area contributed by atoms with Gasteiger partial charge in [-0.15, -0.1) is 0 Å². The molecule has 1 saturated carbocycles. The standard InChI is InChI=1S/C20H30N2O3/c1-21(2)16-7-4-15(5-8-16)6-9-19(24)22-12-10-20(11-13-22)17(23)14-18(20)25-3/h4-5,7-8,17-18,23H,6,9-14H2,1-3H3. The molecule has 2 atom stereocenters. The third kappa shape index (κ3) is 3.53. The highest BCUT2D eigenvalue weighted by Crippen LogP contribution is 2.50. The molecule has 0 bridgehead atoms. The number of carbonyl (C=O) groups is 1. The largest absolute Gasteiger partial charge is 0.392 e. The van der Waals surface area contributed by atoms with Gasteiger partial charge in [0, 0.05) is 58.2 Å². The fourth-order valence-corrected chi connectivity index (χ4v) is 4.25. The summed E-state index contributed by atoms with van der Waals surface area (Å²) in [5.41, 5.74) is 2.25. The molecular weight excluding hydrogens is 316 g/mol. The highest BCUT2D eigenvalue weighted by molar-refractivity contribution is 5.76. The zero-order chi connectivity index (χ0) is 18.0. The molecule has 2 fully saturated rings. The molecule has 1 heterocycles. The van der Waals surface area contributed by atoms with Crippen LogP contribution in [0.5, 0.6) is 0 Å². The monoisotopic (exact) mass is 346 g/mol. The van der Waals surface area contributed by atoms with Crippen molar-refractivity contribution in [1.82, 2.24) is 4.90 Å². The molecule has 3 rings (SSSR count). The number of benzene rings is 1. The predicted molar refractivity (Wildman–Crippen MR) is 98.8 cm³/mol. The number of nitrogens with zero attached hydrogens (tertiary/aromatic N) is 2. The van der Waals surface area contributed by atoms with Gasteiger partial charge in [-0.25, -0.2) is 0 Å². The van der Waals surface area contributed by atoms with Crippen molar-refractivity contribution in [2.24, 2.45) is 5.41 Å². The summed E-state index contributed by atoms with van der Waals surface area (Å²) >= 11 is 0. The van der Waals surface area contributed by atoms with Gasteiger partial charge in [-0.05, 0) is 37.0 Å². The van der Waals surface area contributed by atoms with Crippen LogP contribution in [-0.2, 0) is 16.0 Å². The lowest BCUT2D eigenvalue weighted by Gasteiger charge is -2.56. The van der Waals surface area contributed by atoms with Gasteiger partial charge in [0.2, 0.25) is 5.91 Å². The fraction of sp³-hybridized carbons (Fsp3) is 0.650. The Balaban J connectivity index is 1.48. The lowest BCUT2D eigenvalue weighted by Crippen LogP contribution is -2.62. The quantitative estimate of drug-likeness (QED) is 0.887. The van der Waals surface area contributed by atoms with E-state index in [1.165, 1.54) is 11.3 Å². The van der Waals surface area contributed by atoms with Gasteiger partial charge in [-0.3, -0.25) is 4.79 Å². The minimum atomic E-state index is -0.273. The minimum absolute atomic E-state index is 0.118. The Morgan fingerprint density at radius 3 is 2.44 bits per heavy atom. The van der Waals surface area contributed by atoms with E-state index in [9.17, 15) is 9.90 Å². The zero-order valence-electron chi connectivity index (χ0n) is 15.6. The van der Waals surface area contributed by atoms with E-state index in [1.54, 1.807) is 7.11 Å².